The number of thioether (sulfide) groups is 1. The zero-order chi connectivity index (χ0) is 11.5. The van der Waals surface area contributed by atoms with E-state index in [2.05, 4.69) is 0 Å². The smallest absolute Gasteiger partial charge is 0.265 e. The SMILES string of the molecule is Cc1ccc(C)c(SCCS(=O)(=O)O)c1. The Morgan fingerprint density at radius 2 is 2.00 bits per heavy atom. The van der Waals surface area contributed by atoms with Crippen LogP contribution in [0.1, 0.15) is 11.1 Å². The summed E-state index contributed by atoms with van der Waals surface area (Å²) in [5.41, 5.74) is 2.27. The quantitative estimate of drug-likeness (QED) is 0.654. The molecule has 0 saturated heterocycles. The third kappa shape index (κ3) is 4.68. The van der Waals surface area contributed by atoms with Gasteiger partial charge in [-0.1, -0.05) is 17.7 Å². The molecular weight excluding hydrogens is 232 g/mol. The lowest BCUT2D eigenvalue weighted by Gasteiger charge is -2.05. The Morgan fingerprint density at radius 1 is 1.33 bits per heavy atom. The highest BCUT2D eigenvalue weighted by Crippen LogP contribution is 2.23. The molecule has 0 aliphatic heterocycles. The first-order valence-electron chi connectivity index (χ1n) is 4.54. The molecule has 0 atom stereocenters. The summed E-state index contributed by atoms with van der Waals surface area (Å²) < 4.78 is 29.6. The maximum Gasteiger partial charge on any atom is 0.265 e. The van der Waals surface area contributed by atoms with E-state index in [9.17, 15) is 8.42 Å². The Hall–Kier alpha value is -0.520. The topological polar surface area (TPSA) is 54.4 Å². The third-order valence-corrected chi connectivity index (χ3v) is 4.08. The van der Waals surface area contributed by atoms with Gasteiger partial charge in [-0.2, -0.15) is 8.42 Å². The Kier molecular flexibility index (Phi) is 4.19. The second-order valence-corrected chi connectivity index (χ2v) is 6.11. The lowest BCUT2D eigenvalue weighted by atomic mass is 10.2. The lowest BCUT2D eigenvalue weighted by Crippen LogP contribution is -2.05. The van der Waals surface area contributed by atoms with E-state index < -0.39 is 10.1 Å². The standard InChI is InChI=1S/C10H14O3S2/c1-8-3-4-9(2)10(7-8)14-5-6-15(11,12)13/h3-4,7H,5-6H2,1-2H3,(H,11,12,13). The van der Waals surface area contributed by atoms with E-state index in [-0.39, 0.29) is 5.75 Å². The molecule has 1 aromatic rings. The van der Waals surface area contributed by atoms with Crippen molar-refractivity contribution in [1.29, 1.82) is 0 Å². The largest absolute Gasteiger partial charge is 0.286 e. The molecule has 0 unspecified atom stereocenters. The van der Waals surface area contributed by atoms with E-state index in [1.165, 1.54) is 11.8 Å². The van der Waals surface area contributed by atoms with E-state index in [1.807, 2.05) is 32.0 Å². The maximum atomic E-state index is 10.5. The molecule has 0 aliphatic rings. The Morgan fingerprint density at radius 3 is 2.60 bits per heavy atom. The van der Waals surface area contributed by atoms with Gasteiger partial charge < -0.3 is 0 Å². The van der Waals surface area contributed by atoms with Gasteiger partial charge in [0.05, 0.1) is 5.75 Å². The fraction of sp³-hybridized carbons (Fsp3) is 0.400. The first-order valence-corrected chi connectivity index (χ1v) is 7.13. The van der Waals surface area contributed by atoms with Gasteiger partial charge >= 0.3 is 0 Å². The predicted octanol–water partition coefficient (Wildman–Crippen LogP) is 2.28. The zero-order valence-corrected chi connectivity index (χ0v) is 10.4. The monoisotopic (exact) mass is 246 g/mol. The molecule has 84 valence electrons. The second-order valence-electron chi connectivity index (χ2n) is 3.40. The molecular formula is C10H14O3S2. The van der Waals surface area contributed by atoms with Crippen molar-refractivity contribution in [2.75, 3.05) is 11.5 Å². The van der Waals surface area contributed by atoms with Gasteiger partial charge in [-0.15, -0.1) is 11.8 Å². The van der Waals surface area contributed by atoms with E-state index in [1.54, 1.807) is 0 Å². The molecule has 0 aromatic heterocycles. The lowest BCUT2D eigenvalue weighted by molar-refractivity contribution is 0.485. The van der Waals surface area contributed by atoms with Gasteiger partial charge in [0.25, 0.3) is 10.1 Å². The minimum absolute atomic E-state index is 0.203. The normalized spacial score (nSPS) is 11.7. The van der Waals surface area contributed by atoms with Gasteiger partial charge in [-0.25, -0.2) is 0 Å². The summed E-state index contributed by atoms with van der Waals surface area (Å²) in [6, 6.07) is 6.04. The van der Waals surface area contributed by atoms with Crippen molar-refractivity contribution in [3.8, 4) is 0 Å². The van der Waals surface area contributed by atoms with Crippen molar-refractivity contribution in [1.82, 2.24) is 0 Å². The van der Waals surface area contributed by atoms with Crippen LogP contribution in [0.5, 0.6) is 0 Å². The zero-order valence-electron chi connectivity index (χ0n) is 8.73. The summed E-state index contributed by atoms with van der Waals surface area (Å²) >= 11 is 1.45. The van der Waals surface area contributed by atoms with Crippen LogP contribution in [0.15, 0.2) is 23.1 Å². The first-order chi connectivity index (χ1) is 6.88. The van der Waals surface area contributed by atoms with Crippen LogP contribution in [0.2, 0.25) is 0 Å². The Labute approximate surface area is 94.6 Å². The average Bonchev–Trinajstić information content (AvgIpc) is 2.09. The van der Waals surface area contributed by atoms with E-state index in [4.69, 9.17) is 4.55 Å². The minimum atomic E-state index is -3.84. The van der Waals surface area contributed by atoms with Crippen LogP contribution in [0.25, 0.3) is 0 Å². The molecule has 5 heteroatoms. The number of benzene rings is 1. The number of hydrogen-bond donors (Lipinski definition) is 1. The number of aryl methyl sites for hydroxylation is 2. The molecule has 0 fully saturated rings. The predicted molar refractivity (Wildman–Crippen MR) is 63.1 cm³/mol. The van der Waals surface area contributed by atoms with Crippen molar-refractivity contribution in [2.45, 2.75) is 18.7 Å². The van der Waals surface area contributed by atoms with Crippen molar-refractivity contribution in [3.05, 3.63) is 29.3 Å². The van der Waals surface area contributed by atoms with Crippen molar-refractivity contribution >= 4 is 21.9 Å². The minimum Gasteiger partial charge on any atom is -0.286 e. The van der Waals surface area contributed by atoms with Crippen LogP contribution in [-0.4, -0.2) is 24.5 Å². The molecule has 1 N–H and O–H groups in total. The molecule has 0 spiro atoms. The Balaban J connectivity index is 2.61. The van der Waals surface area contributed by atoms with Crippen molar-refractivity contribution in [3.63, 3.8) is 0 Å². The summed E-state index contributed by atoms with van der Waals surface area (Å²) in [6.45, 7) is 3.97. The van der Waals surface area contributed by atoms with Crippen molar-refractivity contribution in [2.24, 2.45) is 0 Å². The molecule has 3 nitrogen and oxygen atoms in total. The molecule has 0 radical (unpaired) electrons. The Bertz CT molecular complexity index is 438. The molecule has 0 heterocycles. The molecule has 0 aliphatic carbocycles. The van der Waals surface area contributed by atoms with Crippen LogP contribution in [0.4, 0.5) is 0 Å². The van der Waals surface area contributed by atoms with Crippen LogP contribution < -0.4 is 0 Å². The third-order valence-electron chi connectivity index (χ3n) is 1.94. The van der Waals surface area contributed by atoms with E-state index >= 15 is 0 Å². The van der Waals surface area contributed by atoms with Crippen LogP contribution >= 0.6 is 11.8 Å². The summed E-state index contributed by atoms with van der Waals surface area (Å²) in [7, 11) is -3.84. The molecule has 0 bridgehead atoms. The van der Waals surface area contributed by atoms with Crippen molar-refractivity contribution < 1.29 is 13.0 Å². The maximum absolute atomic E-state index is 10.5. The number of rotatable bonds is 4. The summed E-state index contributed by atoms with van der Waals surface area (Å²) in [5.74, 6) is 0.175. The van der Waals surface area contributed by atoms with Gasteiger partial charge in [0.15, 0.2) is 0 Å². The summed E-state index contributed by atoms with van der Waals surface area (Å²) in [4.78, 5) is 1.07. The summed E-state index contributed by atoms with van der Waals surface area (Å²) in [6.07, 6.45) is 0. The van der Waals surface area contributed by atoms with Gasteiger partial charge in [-0.05, 0) is 25.5 Å². The molecule has 0 amide bonds. The summed E-state index contributed by atoms with van der Waals surface area (Å²) in [5, 5.41) is 0. The average molecular weight is 246 g/mol. The van der Waals surface area contributed by atoms with Crippen LogP contribution in [0.3, 0.4) is 0 Å². The second kappa shape index (κ2) is 5.01. The highest BCUT2D eigenvalue weighted by molar-refractivity contribution is 8.00. The fourth-order valence-electron chi connectivity index (χ4n) is 1.12. The van der Waals surface area contributed by atoms with Crippen LogP contribution in [-0.2, 0) is 10.1 Å². The molecule has 15 heavy (non-hydrogen) atoms. The fourth-order valence-corrected chi connectivity index (χ4v) is 3.08. The molecule has 1 aromatic carbocycles. The van der Waals surface area contributed by atoms with Crippen LogP contribution in [0, 0.1) is 13.8 Å². The van der Waals surface area contributed by atoms with E-state index in [0.29, 0.717) is 5.75 Å². The van der Waals surface area contributed by atoms with Gasteiger partial charge in [-0.3, -0.25) is 4.55 Å². The van der Waals surface area contributed by atoms with Gasteiger partial charge in [0.2, 0.25) is 0 Å². The van der Waals surface area contributed by atoms with Gasteiger partial charge in [0, 0.05) is 10.6 Å². The number of hydrogen-bond acceptors (Lipinski definition) is 3. The van der Waals surface area contributed by atoms with Gasteiger partial charge in [0.1, 0.15) is 0 Å². The first kappa shape index (κ1) is 12.5. The van der Waals surface area contributed by atoms with E-state index in [0.717, 1.165) is 16.0 Å². The molecule has 0 saturated carbocycles. The highest BCUT2D eigenvalue weighted by atomic mass is 32.2. The highest BCUT2D eigenvalue weighted by Gasteiger charge is 2.05. The molecule has 1 rings (SSSR count).